The van der Waals surface area contributed by atoms with Gasteiger partial charge in [0.25, 0.3) is 0 Å². The molecule has 0 bridgehead atoms. The van der Waals surface area contributed by atoms with E-state index in [0.29, 0.717) is 13.2 Å². The van der Waals surface area contributed by atoms with Crippen molar-refractivity contribution in [1.82, 2.24) is 9.62 Å². The Labute approximate surface area is 127 Å². The van der Waals surface area contributed by atoms with E-state index < -0.39 is 21.7 Å². The summed E-state index contributed by atoms with van der Waals surface area (Å²) >= 11 is 0. The van der Waals surface area contributed by atoms with Crippen LogP contribution in [0.2, 0.25) is 0 Å². The predicted molar refractivity (Wildman–Crippen MR) is 79.6 cm³/mol. The van der Waals surface area contributed by atoms with Crippen LogP contribution in [0.5, 0.6) is 0 Å². The van der Waals surface area contributed by atoms with Crippen LogP contribution in [-0.4, -0.2) is 63.0 Å². The second-order valence-electron chi connectivity index (χ2n) is 6.18. The Morgan fingerprint density at radius 2 is 2.10 bits per heavy atom. The van der Waals surface area contributed by atoms with Crippen molar-refractivity contribution in [1.29, 1.82) is 0 Å². The fourth-order valence-corrected chi connectivity index (χ4v) is 2.86. The van der Waals surface area contributed by atoms with Crippen LogP contribution in [0.1, 0.15) is 33.6 Å². The molecule has 0 spiro atoms. The second kappa shape index (κ2) is 7.42. The lowest BCUT2D eigenvalue weighted by Crippen LogP contribution is -2.42. The lowest BCUT2D eigenvalue weighted by Gasteiger charge is -2.24. The molecule has 0 aromatic carbocycles. The monoisotopic (exact) mass is 322 g/mol. The third-order valence-electron chi connectivity index (χ3n) is 2.93. The number of hydrogen-bond donors (Lipinski definition) is 1. The highest BCUT2D eigenvalue weighted by Crippen LogP contribution is 2.14. The molecule has 1 rings (SSSR count). The minimum absolute atomic E-state index is 0.0544. The molecule has 0 aliphatic carbocycles. The summed E-state index contributed by atoms with van der Waals surface area (Å²) in [6.45, 7) is 6.73. The molecule has 0 aromatic rings. The van der Waals surface area contributed by atoms with Gasteiger partial charge in [-0.05, 0) is 33.6 Å². The van der Waals surface area contributed by atoms with Crippen LogP contribution in [0.25, 0.3) is 0 Å². The summed E-state index contributed by atoms with van der Waals surface area (Å²) in [4.78, 5) is 11.5. The highest BCUT2D eigenvalue weighted by atomic mass is 32.2. The number of alkyl carbamates (subject to hydrolysis) is 1. The number of carbonyl (C=O) groups excluding carboxylic acids is 1. The summed E-state index contributed by atoms with van der Waals surface area (Å²) in [7, 11) is -3.32. The smallest absolute Gasteiger partial charge is 0.407 e. The summed E-state index contributed by atoms with van der Waals surface area (Å²) in [6, 6.07) is 0. The van der Waals surface area contributed by atoms with E-state index in [1.165, 1.54) is 4.31 Å². The molecule has 1 aliphatic heterocycles. The molecule has 1 N–H and O–H groups in total. The lowest BCUT2D eigenvalue weighted by atomic mass is 10.2. The van der Waals surface area contributed by atoms with Gasteiger partial charge in [-0.1, -0.05) is 0 Å². The van der Waals surface area contributed by atoms with Gasteiger partial charge in [-0.3, -0.25) is 0 Å². The fraction of sp³-hybridized carbons (Fsp3) is 0.923. The van der Waals surface area contributed by atoms with Gasteiger partial charge in [0.1, 0.15) is 5.60 Å². The van der Waals surface area contributed by atoms with Crippen molar-refractivity contribution in [2.45, 2.75) is 45.3 Å². The maximum atomic E-state index is 11.8. The molecule has 0 saturated carbocycles. The van der Waals surface area contributed by atoms with Gasteiger partial charge in [-0.2, -0.15) is 4.31 Å². The van der Waals surface area contributed by atoms with Crippen LogP contribution in [0.4, 0.5) is 4.79 Å². The largest absolute Gasteiger partial charge is 0.444 e. The fourth-order valence-electron chi connectivity index (χ4n) is 2.00. The lowest BCUT2D eigenvalue weighted by molar-refractivity contribution is 0.0522. The van der Waals surface area contributed by atoms with Crippen molar-refractivity contribution < 1.29 is 22.7 Å². The Kier molecular flexibility index (Phi) is 6.42. The molecule has 1 unspecified atom stereocenters. The summed E-state index contributed by atoms with van der Waals surface area (Å²) in [5, 5.41) is 2.56. The zero-order valence-corrected chi connectivity index (χ0v) is 14.0. The number of hydrogen-bond acceptors (Lipinski definition) is 5. The maximum absolute atomic E-state index is 11.8. The molecule has 0 radical (unpaired) electrons. The van der Waals surface area contributed by atoms with Gasteiger partial charge < -0.3 is 14.8 Å². The number of nitrogens with one attached hydrogen (secondary N) is 1. The molecule has 1 heterocycles. The first-order chi connectivity index (χ1) is 9.58. The third kappa shape index (κ3) is 7.63. The number of rotatable bonds is 6. The molecule has 124 valence electrons. The Bertz CT molecular complexity index is 438. The normalized spacial score (nSPS) is 19.8. The number of amides is 1. The van der Waals surface area contributed by atoms with Crippen LogP contribution in [0.15, 0.2) is 0 Å². The Morgan fingerprint density at radius 1 is 1.43 bits per heavy atom. The Balaban J connectivity index is 2.41. The van der Waals surface area contributed by atoms with Crippen molar-refractivity contribution in [2.75, 3.05) is 32.5 Å². The summed E-state index contributed by atoms with van der Waals surface area (Å²) in [5.41, 5.74) is -0.571. The average molecular weight is 322 g/mol. The van der Waals surface area contributed by atoms with Gasteiger partial charge in [-0.15, -0.1) is 0 Å². The minimum Gasteiger partial charge on any atom is -0.444 e. The van der Waals surface area contributed by atoms with Crippen LogP contribution >= 0.6 is 0 Å². The van der Waals surface area contributed by atoms with Crippen molar-refractivity contribution in [3.63, 3.8) is 0 Å². The molecule has 1 aliphatic rings. The van der Waals surface area contributed by atoms with E-state index in [-0.39, 0.29) is 19.2 Å². The first-order valence-corrected chi connectivity index (χ1v) is 8.96. The van der Waals surface area contributed by atoms with Crippen LogP contribution in [-0.2, 0) is 19.5 Å². The van der Waals surface area contributed by atoms with Gasteiger partial charge in [0.2, 0.25) is 10.0 Å². The SMILES string of the molecule is CC(C)(C)OC(=O)NCCN(CC1CCCO1)S(C)(=O)=O. The number of ether oxygens (including phenoxy) is 2. The van der Waals surface area contributed by atoms with E-state index in [1.54, 1.807) is 20.8 Å². The predicted octanol–water partition coefficient (Wildman–Crippen LogP) is 0.952. The van der Waals surface area contributed by atoms with Gasteiger partial charge in [-0.25, -0.2) is 13.2 Å². The number of sulfonamides is 1. The molecule has 1 amide bonds. The first kappa shape index (κ1) is 18.2. The second-order valence-corrected chi connectivity index (χ2v) is 8.17. The van der Waals surface area contributed by atoms with Crippen LogP contribution in [0.3, 0.4) is 0 Å². The quantitative estimate of drug-likeness (QED) is 0.787. The Morgan fingerprint density at radius 3 is 2.57 bits per heavy atom. The summed E-state index contributed by atoms with van der Waals surface area (Å²) < 4.78 is 35.4. The zero-order chi connectivity index (χ0) is 16.1. The highest BCUT2D eigenvalue weighted by Gasteiger charge is 2.24. The van der Waals surface area contributed by atoms with Gasteiger partial charge in [0, 0.05) is 26.2 Å². The first-order valence-electron chi connectivity index (χ1n) is 7.11. The standard InChI is InChI=1S/C13H26N2O5S/c1-13(2,3)20-12(16)14-7-8-15(21(4,17)18)10-11-6-5-9-19-11/h11H,5-10H2,1-4H3,(H,14,16). The third-order valence-corrected chi connectivity index (χ3v) is 4.20. The van der Waals surface area contributed by atoms with Gasteiger partial charge in [0.15, 0.2) is 0 Å². The molecule has 7 nitrogen and oxygen atoms in total. The van der Waals surface area contributed by atoms with E-state index in [0.717, 1.165) is 19.1 Å². The average Bonchev–Trinajstić information content (AvgIpc) is 2.76. The Hall–Kier alpha value is -0.860. The molecular formula is C13H26N2O5S. The number of nitrogens with zero attached hydrogens (tertiary/aromatic N) is 1. The molecule has 1 atom stereocenters. The van der Waals surface area contributed by atoms with E-state index in [2.05, 4.69) is 5.32 Å². The van der Waals surface area contributed by atoms with E-state index >= 15 is 0 Å². The van der Waals surface area contributed by atoms with Gasteiger partial charge >= 0.3 is 6.09 Å². The van der Waals surface area contributed by atoms with E-state index in [9.17, 15) is 13.2 Å². The molecule has 0 aromatic heterocycles. The minimum atomic E-state index is -3.32. The topological polar surface area (TPSA) is 84.9 Å². The van der Waals surface area contributed by atoms with Crippen molar-refractivity contribution in [3.05, 3.63) is 0 Å². The van der Waals surface area contributed by atoms with E-state index in [4.69, 9.17) is 9.47 Å². The molecular weight excluding hydrogens is 296 g/mol. The van der Waals surface area contributed by atoms with Gasteiger partial charge in [0.05, 0.1) is 12.4 Å². The van der Waals surface area contributed by atoms with E-state index in [1.807, 2.05) is 0 Å². The van der Waals surface area contributed by atoms with Crippen molar-refractivity contribution >= 4 is 16.1 Å². The van der Waals surface area contributed by atoms with Crippen LogP contribution in [0, 0.1) is 0 Å². The molecule has 8 heteroatoms. The molecule has 21 heavy (non-hydrogen) atoms. The zero-order valence-electron chi connectivity index (χ0n) is 13.2. The summed E-state index contributed by atoms with van der Waals surface area (Å²) in [5.74, 6) is 0. The highest BCUT2D eigenvalue weighted by molar-refractivity contribution is 7.88. The molecule has 1 fully saturated rings. The van der Waals surface area contributed by atoms with Crippen LogP contribution < -0.4 is 5.32 Å². The maximum Gasteiger partial charge on any atom is 0.407 e. The molecule has 1 saturated heterocycles. The summed E-state index contributed by atoms with van der Waals surface area (Å²) in [6.07, 6.45) is 2.38. The van der Waals surface area contributed by atoms with Crippen molar-refractivity contribution in [3.8, 4) is 0 Å². The van der Waals surface area contributed by atoms with Crippen molar-refractivity contribution in [2.24, 2.45) is 0 Å². The number of carbonyl (C=O) groups is 1.